The number of carbonyl (C=O) groups excluding carboxylic acids is 1. The van der Waals surface area contributed by atoms with Crippen LogP contribution >= 0.6 is 11.3 Å². The zero-order valence-electron chi connectivity index (χ0n) is 14.2. The van der Waals surface area contributed by atoms with Crippen LogP contribution in [0.3, 0.4) is 0 Å². The quantitative estimate of drug-likeness (QED) is 0.811. The molecule has 0 radical (unpaired) electrons. The minimum Gasteiger partial charge on any atom is -0.394 e. The Balaban J connectivity index is 1.63. The highest BCUT2D eigenvalue weighted by atomic mass is 32.1. The minimum atomic E-state index is -0.494. The topological polar surface area (TPSA) is 62.2 Å². The number of aromatic nitrogens is 1. The Morgan fingerprint density at radius 2 is 2.08 bits per heavy atom. The lowest BCUT2D eigenvalue weighted by Crippen LogP contribution is -2.51. The number of benzene rings is 1. The molecule has 1 aromatic carbocycles. The number of amides is 1. The molecule has 0 aliphatic heterocycles. The van der Waals surface area contributed by atoms with Gasteiger partial charge in [0.2, 0.25) is 5.91 Å². The number of aliphatic hydroxyl groups is 1. The molecular formula is C19H24N2O2S. The molecule has 1 aromatic heterocycles. The Bertz CT molecular complexity index is 706. The SMILES string of the molecule is CCc1ccc(-c2nc(CC(=O)NC(C)(CO)C3CC3)cs2)cc1. The van der Waals surface area contributed by atoms with Crippen molar-refractivity contribution in [2.45, 2.75) is 45.1 Å². The molecule has 1 atom stereocenters. The van der Waals surface area contributed by atoms with Crippen molar-refractivity contribution in [1.82, 2.24) is 10.3 Å². The van der Waals surface area contributed by atoms with E-state index in [4.69, 9.17) is 0 Å². The van der Waals surface area contributed by atoms with Crippen LogP contribution in [0.25, 0.3) is 10.6 Å². The average molecular weight is 344 g/mol. The molecule has 2 N–H and O–H groups in total. The van der Waals surface area contributed by atoms with Crippen LogP contribution in [0.1, 0.15) is 37.9 Å². The van der Waals surface area contributed by atoms with Gasteiger partial charge < -0.3 is 10.4 Å². The number of carbonyl (C=O) groups is 1. The molecule has 1 saturated carbocycles. The first-order valence-electron chi connectivity index (χ1n) is 8.49. The first kappa shape index (κ1) is 17.1. The lowest BCUT2D eigenvalue weighted by atomic mass is 9.96. The summed E-state index contributed by atoms with van der Waals surface area (Å²) in [6, 6.07) is 8.39. The van der Waals surface area contributed by atoms with E-state index in [0.29, 0.717) is 5.92 Å². The fourth-order valence-electron chi connectivity index (χ4n) is 2.92. The Morgan fingerprint density at radius 3 is 2.67 bits per heavy atom. The van der Waals surface area contributed by atoms with Crippen molar-refractivity contribution in [3.05, 3.63) is 40.9 Å². The Kier molecular flexibility index (Phi) is 5.01. The van der Waals surface area contributed by atoms with Crippen molar-refractivity contribution in [2.75, 3.05) is 6.61 Å². The molecular weight excluding hydrogens is 320 g/mol. The van der Waals surface area contributed by atoms with Crippen LogP contribution in [-0.2, 0) is 17.6 Å². The van der Waals surface area contributed by atoms with E-state index in [-0.39, 0.29) is 18.9 Å². The lowest BCUT2D eigenvalue weighted by Gasteiger charge is -2.28. The average Bonchev–Trinajstić information content (AvgIpc) is 3.36. The first-order valence-corrected chi connectivity index (χ1v) is 9.37. The molecule has 1 fully saturated rings. The van der Waals surface area contributed by atoms with Gasteiger partial charge in [0, 0.05) is 10.9 Å². The summed E-state index contributed by atoms with van der Waals surface area (Å²) < 4.78 is 0. The maximum Gasteiger partial charge on any atom is 0.226 e. The van der Waals surface area contributed by atoms with Crippen LogP contribution in [0.5, 0.6) is 0 Å². The Hall–Kier alpha value is -1.72. The van der Waals surface area contributed by atoms with Crippen LogP contribution in [0.15, 0.2) is 29.6 Å². The Morgan fingerprint density at radius 1 is 1.38 bits per heavy atom. The van der Waals surface area contributed by atoms with Gasteiger partial charge in [-0.3, -0.25) is 4.79 Å². The zero-order valence-corrected chi connectivity index (χ0v) is 15.0. The molecule has 0 bridgehead atoms. The van der Waals surface area contributed by atoms with E-state index in [9.17, 15) is 9.90 Å². The summed E-state index contributed by atoms with van der Waals surface area (Å²) in [6.07, 6.45) is 3.43. The fraction of sp³-hybridized carbons (Fsp3) is 0.474. The molecule has 0 spiro atoms. The van der Waals surface area contributed by atoms with E-state index in [1.54, 1.807) is 11.3 Å². The van der Waals surface area contributed by atoms with Gasteiger partial charge in [0.15, 0.2) is 0 Å². The van der Waals surface area contributed by atoms with Crippen LogP contribution in [0.2, 0.25) is 0 Å². The second kappa shape index (κ2) is 7.03. The van der Waals surface area contributed by atoms with E-state index in [2.05, 4.69) is 41.5 Å². The van der Waals surface area contributed by atoms with Gasteiger partial charge in [0.1, 0.15) is 5.01 Å². The molecule has 24 heavy (non-hydrogen) atoms. The van der Waals surface area contributed by atoms with Gasteiger partial charge in [-0.2, -0.15) is 0 Å². The maximum absolute atomic E-state index is 12.3. The van der Waals surface area contributed by atoms with Crippen molar-refractivity contribution >= 4 is 17.2 Å². The van der Waals surface area contributed by atoms with Crippen molar-refractivity contribution in [1.29, 1.82) is 0 Å². The zero-order chi connectivity index (χ0) is 17.2. The highest BCUT2D eigenvalue weighted by molar-refractivity contribution is 7.13. The predicted octanol–water partition coefficient (Wildman–Crippen LogP) is 3.19. The highest BCUT2D eigenvalue weighted by Gasteiger charge is 2.42. The van der Waals surface area contributed by atoms with Crippen molar-refractivity contribution in [3.63, 3.8) is 0 Å². The number of aliphatic hydroxyl groups excluding tert-OH is 1. The third kappa shape index (κ3) is 3.84. The molecule has 1 aliphatic rings. The Labute approximate surface area is 146 Å². The van der Waals surface area contributed by atoms with Gasteiger partial charge in [0.25, 0.3) is 0 Å². The third-order valence-corrected chi connectivity index (χ3v) is 5.67. The standard InChI is InChI=1S/C19H24N2O2S/c1-3-13-4-6-14(7-5-13)18-20-16(11-24-18)10-17(23)21-19(2,12-22)15-8-9-15/h4-7,11,15,22H,3,8-10,12H2,1-2H3,(H,21,23). The largest absolute Gasteiger partial charge is 0.394 e. The molecule has 4 nitrogen and oxygen atoms in total. The van der Waals surface area contributed by atoms with Gasteiger partial charge in [0.05, 0.1) is 24.3 Å². The number of nitrogens with one attached hydrogen (secondary N) is 1. The molecule has 5 heteroatoms. The summed E-state index contributed by atoms with van der Waals surface area (Å²) in [5.41, 5.74) is 2.68. The summed E-state index contributed by atoms with van der Waals surface area (Å²) in [5, 5.41) is 15.4. The van der Waals surface area contributed by atoms with E-state index in [1.807, 2.05) is 12.3 Å². The number of nitrogens with zero attached hydrogens (tertiary/aromatic N) is 1. The van der Waals surface area contributed by atoms with Gasteiger partial charge >= 0.3 is 0 Å². The maximum atomic E-state index is 12.3. The van der Waals surface area contributed by atoms with Gasteiger partial charge in [-0.25, -0.2) is 4.98 Å². The molecule has 1 amide bonds. The van der Waals surface area contributed by atoms with Crippen molar-refractivity contribution in [2.24, 2.45) is 5.92 Å². The highest BCUT2D eigenvalue weighted by Crippen LogP contribution is 2.39. The molecule has 128 valence electrons. The van der Waals surface area contributed by atoms with Crippen LogP contribution in [0.4, 0.5) is 0 Å². The number of rotatable bonds is 7. The number of aryl methyl sites for hydroxylation is 1. The van der Waals surface area contributed by atoms with E-state index >= 15 is 0 Å². The minimum absolute atomic E-state index is 0.0184. The van der Waals surface area contributed by atoms with E-state index in [0.717, 1.165) is 35.5 Å². The third-order valence-electron chi connectivity index (χ3n) is 4.73. The lowest BCUT2D eigenvalue weighted by molar-refractivity contribution is -0.123. The molecule has 1 heterocycles. The van der Waals surface area contributed by atoms with E-state index in [1.165, 1.54) is 5.56 Å². The van der Waals surface area contributed by atoms with Gasteiger partial charge in [-0.1, -0.05) is 31.2 Å². The van der Waals surface area contributed by atoms with Crippen LogP contribution in [0, 0.1) is 5.92 Å². The molecule has 3 rings (SSSR count). The summed E-state index contributed by atoms with van der Waals surface area (Å²) in [6.45, 7) is 4.04. The number of thiazole rings is 1. The fourth-order valence-corrected chi connectivity index (χ4v) is 3.75. The predicted molar refractivity (Wildman–Crippen MR) is 97.0 cm³/mol. The van der Waals surface area contributed by atoms with Gasteiger partial charge in [-0.15, -0.1) is 11.3 Å². The van der Waals surface area contributed by atoms with Gasteiger partial charge in [-0.05, 0) is 37.7 Å². The smallest absolute Gasteiger partial charge is 0.226 e. The monoisotopic (exact) mass is 344 g/mol. The van der Waals surface area contributed by atoms with Crippen LogP contribution in [-0.4, -0.2) is 28.1 Å². The molecule has 2 aromatic rings. The molecule has 0 saturated heterocycles. The summed E-state index contributed by atoms with van der Waals surface area (Å²) in [5.74, 6) is 0.325. The second-order valence-electron chi connectivity index (χ2n) is 6.77. The van der Waals surface area contributed by atoms with Crippen LogP contribution < -0.4 is 5.32 Å². The normalized spacial score (nSPS) is 16.6. The summed E-state index contributed by atoms with van der Waals surface area (Å²) in [4.78, 5) is 16.9. The van der Waals surface area contributed by atoms with E-state index < -0.39 is 5.54 Å². The number of hydrogen-bond donors (Lipinski definition) is 2. The first-order chi connectivity index (χ1) is 11.5. The summed E-state index contributed by atoms with van der Waals surface area (Å²) >= 11 is 1.56. The molecule has 1 aliphatic carbocycles. The number of hydrogen-bond acceptors (Lipinski definition) is 4. The summed E-state index contributed by atoms with van der Waals surface area (Å²) in [7, 11) is 0. The van der Waals surface area contributed by atoms with Crippen molar-refractivity contribution < 1.29 is 9.90 Å². The molecule has 1 unspecified atom stereocenters. The van der Waals surface area contributed by atoms with Crippen molar-refractivity contribution in [3.8, 4) is 10.6 Å². The second-order valence-corrected chi connectivity index (χ2v) is 7.63.